The number of hydrogen-bond acceptors (Lipinski definition) is 8. The lowest BCUT2D eigenvalue weighted by atomic mass is 9.98. The minimum atomic E-state index is -1.86. The summed E-state index contributed by atoms with van der Waals surface area (Å²) < 4.78 is 8.57. The van der Waals surface area contributed by atoms with Crippen molar-refractivity contribution < 1.29 is 33.8 Å². The quantitative estimate of drug-likeness (QED) is 0.228. The molecule has 2 heterocycles. The second-order valence-corrected chi connectivity index (χ2v) is 12.2. The third-order valence-corrected chi connectivity index (χ3v) is 7.14. The van der Waals surface area contributed by atoms with E-state index in [4.69, 9.17) is 44.3 Å². The molecule has 13 heteroatoms. The summed E-state index contributed by atoms with van der Waals surface area (Å²) in [5.41, 5.74) is 1.12. The number of alkyl halides is 3. The van der Waals surface area contributed by atoms with Crippen molar-refractivity contribution in [3.8, 4) is 0 Å². The summed E-state index contributed by atoms with van der Waals surface area (Å²) in [6.45, 7) is 0.826. The Morgan fingerprint density at radius 1 is 1.19 bits per heavy atom. The maximum atomic E-state index is 13.0. The van der Waals surface area contributed by atoms with Crippen LogP contribution >= 0.6 is 46.6 Å². The monoisotopic (exact) mass is 592 g/mol. The van der Waals surface area contributed by atoms with E-state index in [9.17, 15) is 24.3 Å². The number of thioether (sulfide) groups is 1. The molecule has 0 saturated carbocycles. The number of β-lactam (4-membered cyclic amide) rings is 1. The van der Waals surface area contributed by atoms with E-state index in [1.54, 1.807) is 24.5 Å². The minimum Gasteiger partial charge on any atom is -0.461 e. The number of carbonyl (C=O) groups excluding carboxylic acids is 4. The SMILES string of the molecule is CC(O)CCCC(=O)OCC1=CS[C@H]2C(NC(=O)Cc3ccccc3)C(=O)N2C1C(=O)OCC(Cl)(Cl)Cl. The zero-order chi connectivity index (χ0) is 27.2. The summed E-state index contributed by atoms with van der Waals surface area (Å²) in [7, 11) is 0. The van der Waals surface area contributed by atoms with E-state index in [0.717, 1.165) is 5.56 Å². The maximum Gasteiger partial charge on any atom is 0.333 e. The number of benzene rings is 1. The van der Waals surface area contributed by atoms with Crippen LogP contribution < -0.4 is 5.32 Å². The van der Waals surface area contributed by atoms with E-state index < -0.39 is 51.8 Å². The smallest absolute Gasteiger partial charge is 0.333 e. The summed E-state index contributed by atoms with van der Waals surface area (Å²) in [6.07, 6.45) is 0.548. The molecule has 1 fully saturated rings. The van der Waals surface area contributed by atoms with Gasteiger partial charge in [-0.3, -0.25) is 14.4 Å². The summed E-state index contributed by atoms with van der Waals surface area (Å²) in [5, 5.41) is 13.1. The summed E-state index contributed by atoms with van der Waals surface area (Å²) in [5.74, 6) is -2.18. The lowest BCUT2D eigenvalue weighted by Crippen LogP contribution is -2.74. The van der Waals surface area contributed by atoms with Crippen molar-refractivity contribution in [1.29, 1.82) is 0 Å². The van der Waals surface area contributed by atoms with Crippen molar-refractivity contribution in [3.63, 3.8) is 0 Å². The van der Waals surface area contributed by atoms with Crippen molar-refractivity contribution in [2.45, 2.75) is 60.0 Å². The third kappa shape index (κ3) is 8.51. The van der Waals surface area contributed by atoms with E-state index in [-0.39, 0.29) is 25.4 Å². The van der Waals surface area contributed by atoms with E-state index in [1.165, 1.54) is 16.7 Å². The minimum absolute atomic E-state index is 0.0918. The van der Waals surface area contributed by atoms with E-state index in [0.29, 0.717) is 18.4 Å². The summed E-state index contributed by atoms with van der Waals surface area (Å²) in [4.78, 5) is 51.9. The van der Waals surface area contributed by atoms with Gasteiger partial charge in [0.05, 0.1) is 12.5 Å². The van der Waals surface area contributed by atoms with Gasteiger partial charge in [-0.2, -0.15) is 0 Å². The molecule has 1 aromatic carbocycles. The van der Waals surface area contributed by atoms with E-state index >= 15 is 0 Å². The van der Waals surface area contributed by atoms with Crippen LogP contribution in [0.25, 0.3) is 0 Å². The van der Waals surface area contributed by atoms with Gasteiger partial charge in [-0.1, -0.05) is 65.1 Å². The fourth-order valence-electron chi connectivity index (χ4n) is 3.83. The molecule has 0 aromatic heterocycles. The van der Waals surface area contributed by atoms with Gasteiger partial charge >= 0.3 is 11.9 Å². The van der Waals surface area contributed by atoms with Crippen molar-refractivity contribution in [2.75, 3.05) is 13.2 Å². The maximum absolute atomic E-state index is 13.0. The van der Waals surface area contributed by atoms with Crippen molar-refractivity contribution in [3.05, 3.63) is 46.9 Å². The molecule has 37 heavy (non-hydrogen) atoms. The van der Waals surface area contributed by atoms with E-state index in [2.05, 4.69) is 5.32 Å². The van der Waals surface area contributed by atoms with Gasteiger partial charge in [0.25, 0.3) is 0 Å². The molecule has 1 saturated heterocycles. The number of aliphatic hydroxyl groups is 1. The first-order valence-electron chi connectivity index (χ1n) is 11.5. The van der Waals surface area contributed by atoms with Gasteiger partial charge in [0, 0.05) is 12.0 Å². The molecule has 2 amide bonds. The average Bonchev–Trinajstić information content (AvgIpc) is 2.83. The Balaban J connectivity index is 1.67. The number of aliphatic hydroxyl groups excluding tert-OH is 1. The van der Waals surface area contributed by atoms with Gasteiger partial charge in [-0.05, 0) is 30.7 Å². The molecule has 0 aliphatic carbocycles. The Hall–Kier alpha value is -1.98. The molecular formula is C24H27Cl3N2O7S. The lowest BCUT2D eigenvalue weighted by molar-refractivity contribution is -0.163. The molecule has 3 rings (SSSR count). The Morgan fingerprint density at radius 2 is 1.89 bits per heavy atom. The van der Waals surface area contributed by atoms with Gasteiger partial charge in [-0.25, -0.2) is 4.79 Å². The normalized spacial score (nSPS) is 21.8. The molecule has 2 N–H and O–H groups in total. The Labute approximate surface area is 233 Å². The second kappa shape index (κ2) is 13.2. The van der Waals surface area contributed by atoms with Crippen LogP contribution in [0.5, 0.6) is 0 Å². The predicted molar refractivity (Wildman–Crippen MR) is 140 cm³/mol. The number of amides is 2. The first-order chi connectivity index (χ1) is 17.5. The summed E-state index contributed by atoms with van der Waals surface area (Å²) >= 11 is 18.3. The zero-order valence-corrected chi connectivity index (χ0v) is 23.0. The number of halogens is 3. The standard InChI is InChI=1S/C24H27Cl3N2O7S/c1-14(30)6-5-9-18(32)35-11-16-12-37-22-19(28-17(31)10-15-7-3-2-4-8-15)21(33)29(22)20(16)23(34)36-13-24(25,26)27/h2-4,7-8,12,14,19-20,22,30H,5-6,9-11,13H2,1H3,(H,28,31)/t14?,19?,20?,22-/m0/s1. The molecule has 1 aromatic rings. The lowest BCUT2D eigenvalue weighted by Gasteiger charge is -2.51. The van der Waals surface area contributed by atoms with Crippen molar-refractivity contribution >= 4 is 70.3 Å². The Bertz CT molecular complexity index is 1030. The highest BCUT2D eigenvalue weighted by molar-refractivity contribution is 8.03. The van der Waals surface area contributed by atoms with Gasteiger partial charge in [0.2, 0.25) is 15.6 Å². The van der Waals surface area contributed by atoms with Gasteiger partial charge < -0.3 is 24.8 Å². The number of nitrogens with zero attached hydrogens (tertiary/aromatic N) is 1. The van der Waals surface area contributed by atoms with Crippen LogP contribution in [0.1, 0.15) is 31.7 Å². The van der Waals surface area contributed by atoms with Gasteiger partial charge in [-0.15, -0.1) is 11.8 Å². The van der Waals surface area contributed by atoms with Crippen LogP contribution in [-0.4, -0.2) is 74.3 Å². The Kier molecular flexibility index (Phi) is 10.5. The number of esters is 2. The molecular weight excluding hydrogens is 567 g/mol. The van der Waals surface area contributed by atoms with Gasteiger partial charge in [0.15, 0.2) is 6.04 Å². The highest BCUT2D eigenvalue weighted by Crippen LogP contribution is 2.40. The average molecular weight is 594 g/mol. The molecule has 0 radical (unpaired) electrons. The van der Waals surface area contributed by atoms with Crippen LogP contribution in [0.4, 0.5) is 0 Å². The number of nitrogens with one attached hydrogen (secondary N) is 1. The van der Waals surface area contributed by atoms with Crippen LogP contribution in [0.3, 0.4) is 0 Å². The van der Waals surface area contributed by atoms with Crippen LogP contribution in [0, 0.1) is 0 Å². The molecule has 2 aliphatic rings. The van der Waals surface area contributed by atoms with Crippen LogP contribution in [0.2, 0.25) is 0 Å². The van der Waals surface area contributed by atoms with Crippen molar-refractivity contribution in [2.24, 2.45) is 0 Å². The number of ether oxygens (including phenoxy) is 2. The first-order valence-corrected chi connectivity index (χ1v) is 13.6. The fraction of sp³-hybridized carbons (Fsp3) is 0.500. The molecule has 9 nitrogen and oxygen atoms in total. The first kappa shape index (κ1) is 29.6. The molecule has 202 valence electrons. The largest absolute Gasteiger partial charge is 0.461 e. The number of fused-ring (bicyclic) bond motifs is 1. The number of hydrogen-bond donors (Lipinski definition) is 2. The highest BCUT2D eigenvalue weighted by Gasteiger charge is 2.56. The second-order valence-electron chi connectivity index (χ2n) is 8.70. The van der Waals surface area contributed by atoms with Crippen molar-refractivity contribution in [1.82, 2.24) is 10.2 Å². The number of carbonyl (C=O) groups is 4. The summed E-state index contributed by atoms with van der Waals surface area (Å²) in [6, 6.07) is 7.03. The molecule has 3 unspecified atom stereocenters. The van der Waals surface area contributed by atoms with E-state index in [1.807, 2.05) is 18.2 Å². The molecule has 2 aliphatic heterocycles. The predicted octanol–water partition coefficient (Wildman–Crippen LogP) is 2.89. The third-order valence-electron chi connectivity index (χ3n) is 5.60. The Morgan fingerprint density at radius 3 is 2.54 bits per heavy atom. The molecule has 0 bridgehead atoms. The van der Waals surface area contributed by atoms with Gasteiger partial charge in [0.1, 0.15) is 24.6 Å². The molecule has 0 spiro atoms. The zero-order valence-electron chi connectivity index (χ0n) is 19.9. The molecule has 4 atom stereocenters. The van der Waals surface area contributed by atoms with Crippen LogP contribution in [-0.2, 0) is 35.1 Å². The number of rotatable bonds is 11. The topological polar surface area (TPSA) is 122 Å². The van der Waals surface area contributed by atoms with Crippen LogP contribution in [0.15, 0.2) is 41.3 Å². The highest BCUT2D eigenvalue weighted by atomic mass is 35.6. The fourth-order valence-corrected chi connectivity index (χ4v) is 5.20.